The van der Waals surface area contributed by atoms with Crippen molar-refractivity contribution in [1.82, 2.24) is 15.2 Å². The van der Waals surface area contributed by atoms with E-state index in [0.29, 0.717) is 23.4 Å². The molecule has 1 saturated heterocycles. The number of hydrogen-bond acceptors (Lipinski definition) is 5. The minimum absolute atomic E-state index is 0.0581. The lowest BCUT2D eigenvalue weighted by molar-refractivity contribution is -0.122. The molecule has 3 heterocycles. The Balaban J connectivity index is 1.39. The summed E-state index contributed by atoms with van der Waals surface area (Å²) in [4.78, 5) is 30.2. The first-order valence-corrected chi connectivity index (χ1v) is 8.64. The SMILES string of the molecule is O=C(Nc1cc(C2CCC2)[nH]n1)C1CC(=O)N(c2nccs2)C1. The van der Waals surface area contributed by atoms with Gasteiger partial charge < -0.3 is 5.32 Å². The fourth-order valence-corrected chi connectivity index (χ4v) is 3.64. The Morgan fingerprint density at radius 2 is 2.30 bits per heavy atom. The number of carbonyl (C=O) groups excluding carboxylic acids is 2. The van der Waals surface area contributed by atoms with Gasteiger partial charge in [-0.15, -0.1) is 11.3 Å². The van der Waals surface area contributed by atoms with E-state index >= 15 is 0 Å². The van der Waals surface area contributed by atoms with E-state index in [1.54, 1.807) is 11.1 Å². The average Bonchev–Trinajstić information content (AvgIpc) is 3.17. The van der Waals surface area contributed by atoms with Crippen LogP contribution >= 0.6 is 11.3 Å². The molecular weight excluding hydrogens is 314 g/mol. The van der Waals surface area contributed by atoms with Crippen LogP contribution in [0.25, 0.3) is 0 Å². The standard InChI is InChI=1S/C15H17N5O2S/c21-13-6-10(8-20(13)15-16-4-5-23-15)14(22)17-12-7-11(18-19-12)9-2-1-3-9/h4-5,7,9-10H,1-3,6,8H2,(H2,17,18,19,22). The van der Waals surface area contributed by atoms with Crippen LogP contribution in [0.5, 0.6) is 0 Å². The molecular formula is C15H17N5O2S. The lowest BCUT2D eigenvalue weighted by Gasteiger charge is -2.23. The number of thiazole rings is 1. The summed E-state index contributed by atoms with van der Waals surface area (Å²) in [6, 6.07) is 1.90. The molecule has 0 bridgehead atoms. The zero-order chi connectivity index (χ0) is 15.8. The zero-order valence-electron chi connectivity index (χ0n) is 12.5. The van der Waals surface area contributed by atoms with Gasteiger partial charge >= 0.3 is 0 Å². The highest BCUT2D eigenvalue weighted by Crippen LogP contribution is 2.36. The molecule has 2 aliphatic rings. The first kappa shape index (κ1) is 14.4. The van der Waals surface area contributed by atoms with Crippen molar-refractivity contribution >= 4 is 34.1 Å². The van der Waals surface area contributed by atoms with Gasteiger partial charge in [0.2, 0.25) is 11.8 Å². The van der Waals surface area contributed by atoms with Crippen molar-refractivity contribution in [3.05, 3.63) is 23.3 Å². The highest BCUT2D eigenvalue weighted by atomic mass is 32.1. The third kappa shape index (κ3) is 2.74. The molecule has 7 nitrogen and oxygen atoms in total. The van der Waals surface area contributed by atoms with Gasteiger partial charge in [0.1, 0.15) is 0 Å². The first-order valence-electron chi connectivity index (χ1n) is 7.77. The topological polar surface area (TPSA) is 91.0 Å². The van der Waals surface area contributed by atoms with Crippen LogP contribution in [0.1, 0.15) is 37.3 Å². The van der Waals surface area contributed by atoms with Crippen LogP contribution in [0.15, 0.2) is 17.6 Å². The minimum Gasteiger partial charge on any atom is -0.309 e. The predicted molar refractivity (Wildman–Crippen MR) is 86.4 cm³/mol. The van der Waals surface area contributed by atoms with Gasteiger partial charge in [-0.3, -0.25) is 19.6 Å². The summed E-state index contributed by atoms with van der Waals surface area (Å²) in [5, 5.41) is 12.4. The molecule has 2 amide bonds. The lowest BCUT2D eigenvalue weighted by Crippen LogP contribution is -2.28. The Bertz CT molecular complexity index is 722. The second kappa shape index (κ2) is 5.77. The maximum Gasteiger partial charge on any atom is 0.231 e. The van der Waals surface area contributed by atoms with E-state index in [1.165, 1.54) is 30.6 Å². The van der Waals surface area contributed by atoms with Crippen molar-refractivity contribution < 1.29 is 9.59 Å². The van der Waals surface area contributed by atoms with E-state index in [-0.39, 0.29) is 24.2 Å². The Hall–Kier alpha value is -2.22. The Morgan fingerprint density at radius 1 is 1.43 bits per heavy atom. The van der Waals surface area contributed by atoms with E-state index in [1.807, 2.05) is 11.4 Å². The molecule has 23 heavy (non-hydrogen) atoms. The molecule has 1 aliphatic heterocycles. The first-order chi connectivity index (χ1) is 11.2. The fraction of sp³-hybridized carbons (Fsp3) is 0.467. The fourth-order valence-electron chi connectivity index (χ4n) is 2.97. The Kier molecular flexibility index (Phi) is 3.60. The molecule has 4 rings (SSSR count). The number of nitrogens with one attached hydrogen (secondary N) is 2. The number of aromatic amines is 1. The number of rotatable bonds is 4. The van der Waals surface area contributed by atoms with Crippen LogP contribution in [-0.4, -0.2) is 33.5 Å². The Morgan fingerprint density at radius 3 is 3.00 bits per heavy atom. The van der Waals surface area contributed by atoms with Crippen molar-refractivity contribution in [3.63, 3.8) is 0 Å². The van der Waals surface area contributed by atoms with Gasteiger partial charge in [-0.05, 0) is 12.8 Å². The van der Waals surface area contributed by atoms with Gasteiger partial charge in [-0.25, -0.2) is 4.98 Å². The molecule has 0 radical (unpaired) electrons. The van der Waals surface area contributed by atoms with Gasteiger partial charge in [0.15, 0.2) is 10.9 Å². The minimum atomic E-state index is -0.366. The van der Waals surface area contributed by atoms with Gasteiger partial charge in [-0.1, -0.05) is 6.42 Å². The molecule has 2 aromatic rings. The smallest absolute Gasteiger partial charge is 0.231 e. The highest BCUT2D eigenvalue weighted by molar-refractivity contribution is 7.13. The summed E-state index contributed by atoms with van der Waals surface area (Å²) >= 11 is 1.40. The van der Waals surface area contributed by atoms with Crippen LogP contribution in [0.3, 0.4) is 0 Å². The molecule has 0 spiro atoms. The molecule has 1 saturated carbocycles. The van der Waals surface area contributed by atoms with Crippen molar-refractivity contribution in [1.29, 1.82) is 0 Å². The number of amides is 2. The molecule has 1 atom stereocenters. The number of aromatic nitrogens is 3. The van der Waals surface area contributed by atoms with Gasteiger partial charge in [0, 0.05) is 42.2 Å². The second-order valence-electron chi connectivity index (χ2n) is 6.05. The summed E-state index contributed by atoms with van der Waals surface area (Å²) in [7, 11) is 0. The van der Waals surface area contributed by atoms with Gasteiger partial charge in [0.05, 0.1) is 5.92 Å². The van der Waals surface area contributed by atoms with Crippen molar-refractivity contribution in [2.75, 3.05) is 16.8 Å². The van der Waals surface area contributed by atoms with Crippen molar-refractivity contribution in [2.45, 2.75) is 31.6 Å². The number of carbonyl (C=O) groups is 2. The van der Waals surface area contributed by atoms with E-state index in [4.69, 9.17) is 0 Å². The normalized spacial score (nSPS) is 21.5. The van der Waals surface area contributed by atoms with Crippen LogP contribution in [0.4, 0.5) is 10.9 Å². The number of H-pyrrole nitrogens is 1. The van der Waals surface area contributed by atoms with Crippen LogP contribution < -0.4 is 10.2 Å². The molecule has 2 fully saturated rings. The summed E-state index contributed by atoms with van der Waals surface area (Å²) < 4.78 is 0. The summed E-state index contributed by atoms with van der Waals surface area (Å²) in [6.45, 7) is 0.373. The van der Waals surface area contributed by atoms with E-state index < -0.39 is 0 Å². The zero-order valence-corrected chi connectivity index (χ0v) is 13.3. The van der Waals surface area contributed by atoms with Crippen molar-refractivity contribution in [3.8, 4) is 0 Å². The summed E-state index contributed by atoms with van der Waals surface area (Å²) in [6.07, 6.45) is 5.48. The van der Waals surface area contributed by atoms with E-state index in [9.17, 15) is 9.59 Å². The second-order valence-corrected chi connectivity index (χ2v) is 6.92. The largest absolute Gasteiger partial charge is 0.309 e. The molecule has 0 aromatic carbocycles. The van der Waals surface area contributed by atoms with Crippen LogP contribution in [0, 0.1) is 5.92 Å². The van der Waals surface area contributed by atoms with Crippen molar-refractivity contribution in [2.24, 2.45) is 5.92 Å². The maximum absolute atomic E-state index is 12.4. The van der Waals surface area contributed by atoms with E-state index in [0.717, 1.165) is 5.69 Å². The third-order valence-corrected chi connectivity index (χ3v) is 5.33. The predicted octanol–water partition coefficient (Wildman–Crippen LogP) is 2.13. The molecule has 8 heteroatoms. The number of hydrogen-bond donors (Lipinski definition) is 2. The maximum atomic E-state index is 12.4. The lowest BCUT2D eigenvalue weighted by atomic mass is 9.83. The molecule has 2 aromatic heterocycles. The Labute approximate surface area is 137 Å². The molecule has 1 aliphatic carbocycles. The monoisotopic (exact) mass is 331 g/mol. The number of anilines is 2. The molecule has 120 valence electrons. The van der Waals surface area contributed by atoms with Crippen LogP contribution in [0.2, 0.25) is 0 Å². The quantitative estimate of drug-likeness (QED) is 0.898. The highest BCUT2D eigenvalue weighted by Gasteiger charge is 2.36. The molecule has 2 N–H and O–H groups in total. The molecule has 1 unspecified atom stereocenters. The summed E-state index contributed by atoms with van der Waals surface area (Å²) in [5.74, 6) is 0.496. The number of nitrogens with zero attached hydrogens (tertiary/aromatic N) is 3. The third-order valence-electron chi connectivity index (χ3n) is 4.54. The summed E-state index contributed by atoms with van der Waals surface area (Å²) in [5.41, 5.74) is 1.08. The van der Waals surface area contributed by atoms with Crippen LogP contribution in [-0.2, 0) is 9.59 Å². The van der Waals surface area contributed by atoms with Gasteiger partial charge in [0.25, 0.3) is 0 Å². The van der Waals surface area contributed by atoms with E-state index in [2.05, 4.69) is 20.5 Å². The average molecular weight is 331 g/mol. The van der Waals surface area contributed by atoms with Gasteiger partial charge in [-0.2, -0.15) is 5.10 Å².